The number of hydrogen-bond acceptors (Lipinski definition) is 3. The maximum Gasteiger partial charge on any atom is 0.306 e. The highest BCUT2D eigenvalue weighted by molar-refractivity contribution is 5.69. The standard InChI is InChI=1S/C18H21NO2/c19-17-11-8-16(9-12-17)10-13-18(20)21-14-4-7-15-5-2-1-3-6-15/h1-3,5-6,8-9,11-12H,4,7,10,13-14,19H2. The smallest absolute Gasteiger partial charge is 0.306 e. The van der Waals surface area contributed by atoms with Gasteiger partial charge in [0, 0.05) is 12.1 Å². The number of benzene rings is 2. The second-order valence-electron chi connectivity index (χ2n) is 5.05. The van der Waals surface area contributed by atoms with Crippen LogP contribution in [0.2, 0.25) is 0 Å². The molecular weight excluding hydrogens is 262 g/mol. The fourth-order valence-electron chi connectivity index (χ4n) is 2.11. The van der Waals surface area contributed by atoms with Crippen molar-refractivity contribution in [3.8, 4) is 0 Å². The second-order valence-corrected chi connectivity index (χ2v) is 5.05. The summed E-state index contributed by atoms with van der Waals surface area (Å²) in [6.07, 6.45) is 2.90. The van der Waals surface area contributed by atoms with E-state index >= 15 is 0 Å². The Bertz CT molecular complexity index is 549. The van der Waals surface area contributed by atoms with Gasteiger partial charge in [-0.1, -0.05) is 42.5 Å². The molecule has 110 valence electrons. The van der Waals surface area contributed by atoms with Crippen molar-refractivity contribution in [1.82, 2.24) is 0 Å². The van der Waals surface area contributed by atoms with E-state index in [0.29, 0.717) is 19.4 Å². The summed E-state index contributed by atoms with van der Waals surface area (Å²) >= 11 is 0. The number of nitrogen functional groups attached to an aromatic ring is 1. The van der Waals surface area contributed by atoms with Gasteiger partial charge in [-0.3, -0.25) is 4.79 Å². The lowest BCUT2D eigenvalue weighted by atomic mass is 10.1. The Balaban J connectivity index is 1.60. The van der Waals surface area contributed by atoms with Crippen LogP contribution >= 0.6 is 0 Å². The molecule has 0 aliphatic rings. The third-order valence-corrected chi connectivity index (χ3v) is 3.31. The molecule has 0 fully saturated rings. The molecule has 2 aromatic rings. The molecule has 0 bridgehead atoms. The van der Waals surface area contributed by atoms with Crippen molar-refractivity contribution >= 4 is 11.7 Å². The quantitative estimate of drug-likeness (QED) is 0.481. The summed E-state index contributed by atoms with van der Waals surface area (Å²) in [6.45, 7) is 0.482. The maximum atomic E-state index is 11.6. The Hall–Kier alpha value is -2.29. The molecule has 2 aromatic carbocycles. The van der Waals surface area contributed by atoms with Gasteiger partial charge in [-0.15, -0.1) is 0 Å². The molecule has 0 heterocycles. The first kappa shape index (κ1) is 15.1. The number of hydrogen-bond donors (Lipinski definition) is 1. The monoisotopic (exact) mass is 283 g/mol. The highest BCUT2D eigenvalue weighted by atomic mass is 16.5. The summed E-state index contributed by atoms with van der Waals surface area (Å²) in [5.41, 5.74) is 8.73. The van der Waals surface area contributed by atoms with Gasteiger partial charge >= 0.3 is 5.97 Å². The van der Waals surface area contributed by atoms with Crippen LogP contribution in [0.4, 0.5) is 5.69 Å². The van der Waals surface area contributed by atoms with E-state index in [1.807, 2.05) is 42.5 Å². The number of nitrogens with two attached hydrogens (primary N) is 1. The van der Waals surface area contributed by atoms with Crippen LogP contribution in [0, 0.1) is 0 Å². The predicted molar refractivity (Wildman–Crippen MR) is 84.9 cm³/mol. The molecular formula is C18H21NO2. The lowest BCUT2D eigenvalue weighted by Crippen LogP contribution is -2.07. The number of esters is 1. The number of rotatable bonds is 7. The van der Waals surface area contributed by atoms with Gasteiger partial charge in [-0.2, -0.15) is 0 Å². The van der Waals surface area contributed by atoms with E-state index in [2.05, 4.69) is 12.1 Å². The molecule has 0 radical (unpaired) electrons. The summed E-state index contributed by atoms with van der Waals surface area (Å²) in [6, 6.07) is 17.8. The molecule has 21 heavy (non-hydrogen) atoms. The minimum atomic E-state index is -0.139. The molecule has 0 aliphatic carbocycles. The zero-order valence-electron chi connectivity index (χ0n) is 12.1. The van der Waals surface area contributed by atoms with Crippen LogP contribution in [-0.4, -0.2) is 12.6 Å². The van der Waals surface area contributed by atoms with Crippen LogP contribution in [-0.2, 0) is 22.4 Å². The minimum absolute atomic E-state index is 0.139. The largest absolute Gasteiger partial charge is 0.466 e. The first-order chi connectivity index (χ1) is 10.2. The van der Waals surface area contributed by atoms with E-state index in [-0.39, 0.29) is 5.97 Å². The van der Waals surface area contributed by atoms with E-state index in [1.54, 1.807) is 0 Å². The second kappa shape index (κ2) is 8.10. The third-order valence-electron chi connectivity index (χ3n) is 3.31. The molecule has 0 atom stereocenters. The van der Waals surface area contributed by atoms with Crippen molar-refractivity contribution in [1.29, 1.82) is 0 Å². The third kappa shape index (κ3) is 5.69. The first-order valence-corrected chi connectivity index (χ1v) is 7.28. The van der Waals surface area contributed by atoms with Crippen molar-refractivity contribution in [2.24, 2.45) is 0 Å². The highest BCUT2D eigenvalue weighted by Crippen LogP contribution is 2.08. The molecule has 0 aromatic heterocycles. The summed E-state index contributed by atoms with van der Waals surface area (Å²) in [5, 5.41) is 0. The maximum absolute atomic E-state index is 11.6. The fraction of sp³-hybridized carbons (Fsp3) is 0.278. The van der Waals surface area contributed by atoms with E-state index < -0.39 is 0 Å². The molecule has 0 saturated carbocycles. The Labute approximate surface area is 125 Å². The van der Waals surface area contributed by atoms with Gasteiger partial charge in [-0.25, -0.2) is 0 Å². The highest BCUT2D eigenvalue weighted by Gasteiger charge is 2.03. The van der Waals surface area contributed by atoms with Crippen LogP contribution in [0.15, 0.2) is 54.6 Å². The van der Waals surface area contributed by atoms with Gasteiger partial charge in [0.25, 0.3) is 0 Å². The van der Waals surface area contributed by atoms with E-state index in [1.165, 1.54) is 5.56 Å². The molecule has 0 amide bonds. The first-order valence-electron chi connectivity index (χ1n) is 7.28. The normalized spacial score (nSPS) is 10.3. The van der Waals surface area contributed by atoms with Gasteiger partial charge in [0.2, 0.25) is 0 Å². The van der Waals surface area contributed by atoms with Gasteiger partial charge in [0.1, 0.15) is 0 Å². The van der Waals surface area contributed by atoms with Gasteiger partial charge < -0.3 is 10.5 Å². The predicted octanol–water partition coefficient (Wildman–Crippen LogP) is 3.38. The number of carbonyl (C=O) groups excluding carboxylic acids is 1. The Morgan fingerprint density at radius 1 is 0.905 bits per heavy atom. The zero-order valence-corrected chi connectivity index (χ0v) is 12.1. The van der Waals surface area contributed by atoms with Crippen LogP contribution in [0.25, 0.3) is 0 Å². The van der Waals surface area contributed by atoms with Crippen LogP contribution in [0.3, 0.4) is 0 Å². The molecule has 0 unspecified atom stereocenters. The summed E-state index contributed by atoms with van der Waals surface area (Å²) < 4.78 is 5.25. The topological polar surface area (TPSA) is 52.3 Å². The van der Waals surface area contributed by atoms with E-state index in [9.17, 15) is 4.79 Å². The minimum Gasteiger partial charge on any atom is -0.466 e. The molecule has 2 rings (SSSR count). The van der Waals surface area contributed by atoms with Crippen molar-refractivity contribution in [3.63, 3.8) is 0 Å². The lowest BCUT2D eigenvalue weighted by molar-refractivity contribution is -0.143. The SMILES string of the molecule is Nc1ccc(CCC(=O)OCCCc2ccccc2)cc1. The molecule has 0 spiro atoms. The summed E-state index contributed by atoms with van der Waals surface area (Å²) in [7, 11) is 0. The van der Waals surface area contributed by atoms with Gasteiger partial charge in [-0.05, 0) is 42.5 Å². The van der Waals surface area contributed by atoms with Crippen molar-refractivity contribution < 1.29 is 9.53 Å². The van der Waals surface area contributed by atoms with Crippen molar-refractivity contribution in [2.45, 2.75) is 25.7 Å². The number of anilines is 1. The van der Waals surface area contributed by atoms with Gasteiger partial charge in [0.15, 0.2) is 0 Å². The van der Waals surface area contributed by atoms with Crippen LogP contribution < -0.4 is 5.73 Å². The van der Waals surface area contributed by atoms with Crippen LogP contribution in [0.5, 0.6) is 0 Å². The number of aryl methyl sites for hydroxylation is 2. The van der Waals surface area contributed by atoms with Gasteiger partial charge in [0.05, 0.1) is 6.61 Å². The average molecular weight is 283 g/mol. The lowest BCUT2D eigenvalue weighted by Gasteiger charge is -2.05. The number of ether oxygens (including phenoxy) is 1. The van der Waals surface area contributed by atoms with Crippen LogP contribution in [0.1, 0.15) is 24.0 Å². The summed E-state index contributed by atoms with van der Waals surface area (Å²) in [5.74, 6) is -0.139. The van der Waals surface area contributed by atoms with E-state index in [0.717, 1.165) is 24.1 Å². The molecule has 2 N–H and O–H groups in total. The fourth-order valence-corrected chi connectivity index (χ4v) is 2.11. The molecule has 0 saturated heterocycles. The molecule has 0 aliphatic heterocycles. The molecule has 3 nitrogen and oxygen atoms in total. The Morgan fingerprint density at radius 2 is 1.57 bits per heavy atom. The summed E-state index contributed by atoms with van der Waals surface area (Å²) in [4.78, 5) is 11.6. The van der Waals surface area contributed by atoms with E-state index in [4.69, 9.17) is 10.5 Å². The van der Waals surface area contributed by atoms with Crippen molar-refractivity contribution in [3.05, 3.63) is 65.7 Å². The Morgan fingerprint density at radius 3 is 2.29 bits per heavy atom. The van der Waals surface area contributed by atoms with Crippen molar-refractivity contribution in [2.75, 3.05) is 12.3 Å². The number of carbonyl (C=O) groups is 1. The molecule has 3 heteroatoms. The average Bonchev–Trinajstić information content (AvgIpc) is 2.52. The Kier molecular flexibility index (Phi) is 5.83. The zero-order chi connectivity index (χ0) is 14.9.